The van der Waals surface area contributed by atoms with Crippen LogP contribution in [0.15, 0.2) is 10.9 Å². The van der Waals surface area contributed by atoms with E-state index in [2.05, 4.69) is 27.2 Å². The average Bonchev–Trinajstić information content (AvgIpc) is 2.44. The van der Waals surface area contributed by atoms with Crippen LogP contribution in [-0.4, -0.2) is 47.5 Å². The van der Waals surface area contributed by atoms with Gasteiger partial charge in [-0.3, -0.25) is 9.59 Å². The maximum Gasteiger partial charge on any atom is 0.251 e. The Morgan fingerprint density at radius 3 is 3.09 bits per heavy atom. The molecule has 0 radical (unpaired) electrons. The molecule has 0 unspecified atom stereocenters. The van der Waals surface area contributed by atoms with Gasteiger partial charge in [0, 0.05) is 37.7 Å². The summed E-state index contributed by atoms with van der Waals surface area (Å²) in [5.74, 6) is 1.34. The first-order chi connectivity index (χ1) is 10.5. The zero-order valence-corrected chi connectivity index (χ0v) is 13.5. The molecule has 0 saturated carbocycles. The average molecular weight is 306 g/mol. The van der Waals surface area contributed by atoms with Crippen LogP contribution in [0, 0.1) is 12.8 Å². The predicted molar refractivity (Wildman–Crippen MR) is 85.8 cm³/mol. The summed E-state index contributed by atoms with van der Waals surface area (Å²) in [6.45, 7) is 4.55. The minimum Gasteiger partial charge on any atom is -0.356 e. The highest BCUT2D eigenvalue weighted by molar-refractivity contribution is 5.75. The van der Waals surface area contributed by atoms with E-state index < -0.39 is 0 Å². The molecule has 1 aromatic heterocycles. The normalized spacial score (nSPS) is 19.1. The lowest BCUT2D eigenvalue weighted by molar-refractivity contribution is -0.121. The molecule has 6 heteroatoms. The Balaban J connectivity index is 1.66. The van der Waals surface area contributed by atoms with Crippen LogP contribution in [0.25, 0.3) is 0 Å². The number of aromatic amines is 1. The Morgan fingerprint density at radius 2 is 2.36 bits per heavy atom. The lowest BCUT2D eigenvalue weighted by atomic mass is 9.93. The first-order valence-electron chi connectivity index (χ1n) is 8.05. The third-order valence-corrected chi connectivity index (χ3v) is 4.12. The smallest absolute Gasteiger partial charge is 0.251 e. The van der Waals surface area contributed by atoms with Crippen LogP contribution in [0.1, 0.15) is 37.2 Å². The van der Waals surface area contributed by atoms with E-state index in [0.717, 1.165) is 18.7 Å². The van der Waals surface area contributed by atoms with Crippen molar-refractivity contribution in [1.29, 1.82) is 0 Å². The van der Waals surface area contributed by atoms with Crippen molar-refractivity contribution in [2.24, 2.45) is 5.92 Å². The highest BCUT2D eigenvalue weighted by Gasteiger charge is 2.17. The van der Waals surface area contributed by atoms with Gasteiger partial charge in [-0.05, 0) is 45.7 Å². The number of nitrogens with zero attached hydrogens (tertiary/aromatic N) is 2. The molecule has 0 spiro atoms. The van der Waals surface area contributed by atoms with Gasteiger partial charge >= 0.3 is 0 Å². The third kappa shape index (κ3) is 5.60. The molecule has 1 aliphatic heterocycles. The molecular weight excluding hydrogens is 280 g/mol. The van der Waals surface area contributed by atoms with Crippen molar-refractivity contribution < 1.29 is 4.79 Å². The van der Waals surface area contributed by atoms with E-state index in [1.807, 2.05) is 0 Å². The Hall–Kier alpha value is -1.69. The quantitative estimate of drug-likeness (QED) is 0.817. The molecule has 0 aromatic carbocycles. The summed E-state index contributed by atoms with van der Waals surface area (Å²) in [4.78, 5) is 32.4. The van der Waals surface area contributed by atoms with Crippen molar-refractivity contribution in [1.82, 2.24) is 20.2 Å². The molecule has 1 atom stereocenters. The van der Waals surface area contributed by atoms with Crippen LogP contribution in [0.5, 0.6) is 0 Å². The van der Waals surface area contributed by atoms with Crippen LogP contribution in [0.3, 0.4) is 0 Å². The minimum absolute atomic E-state index is 0.0924. The second-order valence-corrected chi connectivity index (χ2v) is 6.23. The molecule has 2 heterocycles. The maximum absolute atomic E-state index is 11.9. The molecule has 22 heavy (non-hydrogen) atoms. The number of likely N-dealkylation sites (tertiary alicyclic amines) is 1. The molecule has 1 aromatic rings. The summed E-state index contributed by atoms with van der Waals surface area (Å²) in [6, 6.07) is 1.48. The fourth-order valence-corrected chi connectivity index (χ4v) is 3.03. The lowest BCUT2D eigenvalue weighted by Crippen LogP contribution is -2.33. The number of piperidine rings is 1. The summed E-state index contributed by atoms with van der Waals surface area (Å²) in [6.07, 6.45) is 4.59. The van der Waals surface area contributed by atoms with Gasteiger partial charge in [-0.15, -0.1) is 0 Å². The lowest BCUT2D eigenvalue weighted by Gasteiger charge is -2.29. The van der Waals surface area contributed by atoms with Gasteiger partial charge in [-0.25, -0.2) is 4.98 Å². The molecule has 6 nitrogen and oxygen atoms in total. The number of H-pyrrole nitrogens is 1. The van der Waals surface area contributed by atoms with Gasteiger partial charge in [0.05, 0.1) is 0 Å². The van der Waals surface area contributed by atoms with E-state index in [9.17, 15) is 9.59 Å². The molecule has 1 aliphatic rings. The molecule has 1 fully saturated rings. The van der Waals surface area contributed by atoms with Crippen LogP contribution >= 0.6 is 0 Å². The Kier molecular flexibility index (Phi) is 6.12. The molecule has 0 bridgehead atoms. The van der Waals surface area contributed by atoms with Gasteiger partial charge < -0.3 is 15.2 Å². The van der Waals surface area contributed by atoms with Gasteiger partial charge in [0.25, 0.3) is 5.56 Å². The van der Waals surface area contributed by atoms with Gasteiger partial charge in [-0.2, -0.15) is 0 Å². The summed E-state index contributed by atoms with van der Waals surface area (Å²) in [7, 11) is 2.14. The topological polar surface area (TPSA) is 78.1 Å². The van der Waals surface area contributed by atoms with E-state index in [0.29, 0.717) is 31.1 Å². The van der Waals surface area contributed by atoms with E-state index in [-0.39, 0.29) is 11.5 Å². The predicted octanol–water partition coefficient (Wildman–Crippen LogP) is 0.859. The number of carbonyl (C=O) groups excluding carboxylic acids is 1. The number of aryl methyl sites for hydroxylation is 1. The Labute approximate surface area is 131 Å². The van der Waals surface area contributed by atoms with Crippen molar-refractivity contribution in [3.63, 3.8) is 0 Å². The highest BCUT2D eigenvalue weighted by atomic mass is 16.1. The number of rotatable bonds is 6. The standard InChI is InChI=1S/C16H26N4O2/c1-12-18-14(10-16(22)19-12)7-8-17-15(21)6-5-13-4-3-9-20(2)11-13/h10,13H,3-9,11H2,1-2H3,(H,17,21)(H,18,19,22)/t13-/m1/s1. The van der Waals surface area contributed by atoms with Crippen molar-refractivity contribution in [3.8, 4) is 0 Å². The van der Waals surface area contributed by atoms with Gasteiger partial charge in [0.15, 0.2) is 0 Å². The second kappa shape index (κ2) is 8.08. The molecule has 122 valence electrons. The first kappa shape index (κ1) is 16.7. The fraction of sp³-hybridized carbons (Fsp3) is 0.688. The maximum atomic E-state index is 11.9. The monoisotopic (exact) mass is 306 g/mol. The van der Waals surface area contributed by atoms with E-state index in [4.69, 9.17) is 0 Å². The highest BCUT2D eigenvalue weighted by Crippen LogP contribution is 2.19. The number of carbonyl (C=O) groups is 1. The second-order valence-electron chi connectivity index (χ2n) is 6.23. The van der Waals surface area contributed by atoms with Gasteiger partial charge in [0.2, 0.25) is 5.91 Å². The molecular formula is C16H26N4O2. The van der Waals surface area contributed by atoms with E-state index in [1.54, 1.807) is 6.92 Å². The third-order valence-electron chi connectivity index (χ3n) is 4.12. The summed E-state index contributed by atoms with van der Waals surface area (Å²) in [5.41, 5.74) is 0.575. The summed E-state index contributed by atoms with van der Waals surface area (Å²) in [5, 5.41) is 2.92. The summed E-state index contributed by atoms with van der Waals surface area (Å²) >= 11 is 0. The molecule has 2 rings (SSSR count). The first-order valence-corrected chi connectivity index (χ1v) is 8.05. The Bertz CT molecular complexity index is 555. The van der Waals surface area contributed by atoms with E-state index in [1.165, 1.54) is 25.5 Å². The van der Waals surface area contributed by atoms with Crippen LogP contribution < -0.4 is 10.9 Å². The molecule has 2 N–H and O–H groups in total. The number of hydrogen-bond acceptors (Lipinski definition) is 4. The number of nitrogens with one attached hydrogen (secondary N) is 2. The SMILES string of the molecule is Cc1nc(CCNC(=O)CC[C@H]2CCCN(C)C2)cc(=O)[nH]1. The molecule has 1 saturated heterocycles. The zero-order valence-electron chi connectivity index (χ0n) is 13.5. The van der Waals surface area contributed by atoms with Crippen LogP contribution in [-0.2, 0) is 11.2 Å². The van der Waals surface area contributed by atoms with Crippen molar-refractivity contribution >= 4 is 5.91 Å². The number of aromatic nitrogens is 2. The van der Waals surface area contributed by atoms with Crippen molar-refractivity contribution in [3.05, 3.63) is 27.9 Å². The van der Waals surface area contributed by atoms with E-state index >= 15 is 0 Å². The van der Waals surface area contributed by atoms with Gasteiger partial charge in [0.1, 0.15) is 5.82 Å². The van der Waals surface area contributed by atoms with Crippen molar-refractivity contribution in [2.45, 2.75) is 39.0 Å². The number of hydrogen-bond donors (Lipinski definition) is 2. The van der Waals surface area contributed by atoms with Crippen molar-refractivity contribution in [2.75, 3.05) is 26.7 Å². The van der Waals surface area contributed by atoms with Gasteiger partial charge in [-0.1, -0.05) is 0 Å². The largest absolute Gasteiger partial charge is 0.356 e. The van der Waals surface area contributed by atoms with Crippen LogP contribution in [0.4, 0.5) is 0 Å². The minimum atomic E-state index is -0.143. The molecule has 1 amide bonds. The number of amides is 1. The zero-order chi connectivity index (χ0) is 15.9. The Morgan fingerprint density at radius 1 is 1.55 bits per heavy atom. The summed E-state index contributed by atoms with van der Waals surface area (Å²) < 4.78 is 0. The fourth-order valence-electron chi connectivity index (χ4n) is 3.03. The molecule has 0 aliphatic carbocycles. The van der Waals surface area contributed by atoms with Crippen LogP contribution in [0.2, 0.25) is 0 Å².